The molecule has 0 aliphatic carbocycles. The van der Waals surface area contributed by atoms with E-state index in [9.17, 15) is 4.79 Å². The fourth-order valence-electron chi connectivity index (χ4n) is 2.82. The second kappa shape index (κ2) is 6.60. The number of anilines is 1. The molecule has 1 aliphatic rings. The molecule has 0 saturated carbocycles. The number of hydrogen-bond donors (Lipinski definition) is 1. The summed E-state index contributed by atoms with van der Waals surface area (Å²) in [6, 6.07) is 3.55. The molecule has 2 aromatic heterocycles. The lowest BCUT2D eigenvalue weighted by Gasteiger charge is -2.31. The Bertz CT molecular complexity index is 650. The number of nitrogens with zero attached hydrogens (tertiary/aromatic N) is 3. The van der Waals surface area contributed by atoms with Crippen LogP contribution in [0, 0.1) is 5.92 Å². The molecule has 1 N–H and O–H groups in total. The highest BCUT2D eigenvalue weighted by Crippen LogP contribution is 2.29. The third kappa shape index (κ3) is 3.55. The molecule has 3 rings (SSSR count). The Morgan fingerprint density at radius 3 is 2.68 bits per heavy atom. The number of H-pyrrole nitrogens is 1. The molecule has 6 heteroatoms. The number of aromatic nitrogens is 3. The van der Waals surface area contributed by atoms with Crippen molar-refractivity contribution < 1.29 is 0 Å². The van der Waals surface area contributed by atoms with Crippen molar-refractivity contribution in [3.8, 4) is 0 Å². The number of hydrogen-bond acceptors (Lipinski definition) is 5. The van der Waals surface area contributed by atoms with Gasteiger partial charge in [0.15, 0.2) is 0 Å². The van der Waals surface area contributed by atoms with Crippen LogP contribution in [0.1, 0.15) is 43.2 Å². The lowest BCUT2D eigenvalue weighted by molar-refractivity contribution is 0.403. The van der Waals surface area contributed by atoms with Crippen LogP contribution < -0.4 is 10.5 Å². The maximum Gasteiger partial charge on any atom is 0.247 e. The molecule has 0 radical (unpaired) electrons. The van der Waals surface area contributed by atoms with Crippen molar-refractivity contribution in [3.05, 3.63) is 39.3 Å². The number of aromatic amines is 1. The number of pyridine rings is 1. The van der Waals surface area contributed by atoms with E-state index in [0.717, 1.165) is 42.5 Å². The van der Waals surface area contributed by atoms with Crippen LogP contribution in [0.4, 0.5) is 5.13 Å². The third-order valence-corrected chi connectivity index (χ3v) is 5.47. The summed E-state index contributed by atoms with van der Waals surface area (Å²) in [4.78, 5) is 16.2. The standard InChI is InChI=1S/C16H22N4OS/c1-11(2)15-18-19-16(22-15)20-7-5-12(6-8-20)9-13-3-4-14(21)17-10-13/h3-4,10-12H,5-9H2,1-2H3,(H,17,21). The Kier molecular flexibility index (Phi) is 4.57. The SMILES string of the molecule is CC(C)c1nnc(N2CCC(Cc3ccc(=O)[nH]c3)CC2)s1. The largest absolute Gasteiger partial charge is 0.347 e. The Labute approximate surface area is 134 Å². The van der Waals surface area contributed by atoms with Gasteiger partial charge in [0.2, 0.25) is 10.7 Å². The minimum absolute atomic E-state index is 0.0317. The smallest absolute Gasteiger partial charge is 0.247 e. The molecule has 3 heterocycles. The van der Waals surface area contributed by atoms with Gasteiger partial charge in [0.25, 0.3) is 0 Å². The van der Waals surface area contributed by atoms with Gasteiger partial charge in [-0.3, -0.25) is 4.79 Å². The van der Waals surface area contributed by atoms with Gasteiger partial charge in [-0.25, -0.2) is 0 Å². The fraction of sp³-hybridized carbons (Fsp3) is 0.562. The fourth-order valence-corrected chi connectivity index (χ4v) is 3.72. The first-order chi connectivity index (χ1) is 10.6. The molecule has 5 nitrogen and oxygen atoms in total. The Morgan fingerprint density at radius 2 is 2.09 bits per heavy atom. The zero-order valence-corrected chi connectivity index (χ0v) is 13.9. The molecule has 0 spiro atoms. The van der Waals surface area contributed by atoms with E-state index in [-0.39, 0.29) is 5.56 Å². The predicted octanol–water partition coefficient (Wildman–Crippen LogP) is 2.81. The summed E-state index contributed by atoms with van der Waals surface area (Å²) in [6.07, 6.45) is 5.21. The molecule has 1 aliphatic heterocycles. The van der Waals surface area contributed by atoms with Crippen LogP contribution in [0.25, 0.3) is 0 Å². The van der Waals surface area contributed by atoms with Crippen molar-refractivity contribution in [3.63, 3.8) is 0 Å². The molecular formula is C16H22N4OS. The molecule has 22 heavy (non-hydrogen) atoms. The maximum atomic E-state index is 11.1. The zero-order valence-electron chi connectivity index (χ0n) is 13.1. The van der Waals surface area contributed by atoms with E-state index in [1.54, 1.807) is 17.4 Å². The molecule has 0 atom stereocenters. The van der Waals surface area contributed by atoms with Crippen molar-refractivity contribution in [1.29, 1.82) is 0 Å². The highest BCUT2D eigenvalue weighted by molar-refractivity contribution is 7.15. The molecule has 1 fully saturated rings. The molecule has 2 aromatic rings. The van der Waals surface area contributed by atoms with Gasteiger partial charge in [0.05, 0.1) is 0 Å². The van der Waals surface area contributed by atoms with E-state index >= 15 is 0 Å². The summed E-state index contributed by atoms with van der Waals surface area (Å²) >= 11 is 1.72. The summed E-state index contributed by atoms with van der Waals surface area (Å²) in [5.41, 5.74) is 1.19. The molecule has 1 saturated heterocycles. The van der Waals surface area contributed by atoms with E-state index < -0.39 is 0 Å². The minimum Gasteiger partial charge on any atom is -0.347 e. The first-order valence-electron chi connectivity index (χ1n) is 7.88. The van der Waals surface area contributed by atoms with E-state index in [1.807, 2.05) is 12.3 Å². The van der Waals surface area contributed by atoms with Gasteiger partial charge < -0.3 is 9.88 Å². The molecule has 0 unspecified atom stereocenters. The second-order valence-corrected chi connectivity index (χ2v) is 7.26. The lowest BCUT2D eigenvalue weighted by atomic mass is 9.91. The average molecular weight is 318 g/mol. The maximum absolute atomic E-state index is 11.1. The van der Waals surface area contributed by atoms with Gasteiger partial charge in [-0.05, 0) is 30.7 Å². The predicted molar refractivity (Wildman–Crippen MR) is 89.7 cm³/mol. The van der Waals surface area contributed by atoms with Crippen LogP contribution >= 0.6 is 11.3 Å². The van der Waals surface area contributed by atoms with E-state index in [2.05, 4.69) is 33.9 Å². The van der Waals surface area contributed by atoms with Gasteiger partial charge in [-0.15, -0.1) is 10.2 Å². The van der Waals surface area contributed by atoms with Crippen molar-refractivity contribution >= 4 is 16.5 Å². The summed E-state index contributed by atoms with van der Waals surface area (Å²) in [5, 5.41) is 10.8. The van der Waals surface area contributed by atoms with Crippen molar-refractivity contribution in [2.45, 2.75) is 39.0 Å². The number of rotatable bonds is 4. The molecule has 0 aromatic carbocycles. The average Bonchev–Trinajstić information content (AvgIpc) is 3.00. The molecule has 0 amide bonds. The second-order valence-electron chi connectivity index (χ2n) is 6.27. The normalized spacial score (nSPS) is 16.4. The summed E-state index contributed by atoms with van der Waals surface area (Å²) in [7, 11) is 0. The lowest BCUT2D eigenvalue weighted by Crippen LogP contribution is -2.34. The highest BCUT2D eigenvalue weighted by Gasteiger charge is 2.22. The number of piperidine rings is 1. The van der Waals surface area contributed by atoms with Crippen LogP contribution in [-0.2, 0) is 6.42 Å². The van der Waals surface area contributed by atoms with Gasteiger partial charge >= 0.3 is 0 Å². The Hall–Kier alpha value is -1.69. The van der Waals surface area contributed by atoms with Crippen LogP contribution in [-0.4, -0.2) is 28.3 Å². The van der Waals surface area contributed by atoms with Gasteiger partial charge in [-0.1, -0.05) is 31.3 Å². The van der Waals surface area contributed by atoms with Crippen molar-refractivity contribution in [2.75, 3.05) is 18.0 Å². The summed E-state index contributed by atoms with van der Waals surface area (Å²) < 4.78 is 0. The summed E-state index contributed by atoms with van der Waals surface area (Å²) in [5.74, 6) is 1.13. The minimum atomic E-state index is -0.0317. The van der Waals surface area contributed by atoms with Crippen molar-refractivity contribution in [1.82, 2.24) is 15.2 Å². The molecule has 118 valence electrons. The monoisotopic (exact) mass is 318 g/mol. The van der Waals surface area contributed by atoms with E-state index in [4.69, 9.17) is 0 Å². The highest BCUT2D eigenvalue weighted by atomic mass is 32.1. The summed E-state index contributed by atoms with van der Waals surface area (Å²) in [6.45, 7) is 6.39. The van der Waals surface area contributed by atoms with Crippen LogP contribution in [0.15, 0.2) is 23.1 Å². The number of nitrogens with one attached hydrogen (secondary N) is 1. The van der Waals surface area contributed by atoms with Gasteiger partial charge in [0, 0.05) is 31.3 Å². The Morgan fingerprint density at radius 1 is 1.32 bits per heavy atom. The topological polar surface area (TPSA) is 61.9 Å². The zero-order chi connectivity index (χ0) is 15.5. The van der Waals surface area contributed by atoms with Gasteiger partial charge in [0.1, 0.15) is 5.01 Å². The van der Waals surface area contributed by atoms with Crippen LogP contribution in [0.2, 0.25) is 0 Å². The van der Waals surface area contributed by atoms with Crippen molar-refractivity contribution in [2.24, 2.45) is 5.92 Å². The van der Waals surface area contributed by atoms with E-state index in [0.29, 0.717) is 11.8 Å². The first kappa shape index (κ1) is 15.2. The van der Waals surface area contributed by atoms with Gasteiger partial charge in [-0.2, -0.15) is 0 Å². The molecule has 0 bridgehead atoms. The molecular weight excluding hydrogens is 296 g/mol. The Balaban J connectivity index is 1.55. The van der Waals surface area contributed by atoms with Crippen LogP contribution in [0.3, 0.4) is 0 Å². The third-order valence-electron chi connectivity index (χ3n) is 4.18. The quantitative estimate of drug-likeness (QED) is 0.941. The van der Waals surface area contributed by atoms with E-state index in [1.165, 1.54) is 5.56 Å². The van der Waals surface area contributed by atoms with Crippen LogP contribution in [0.5, 0.6) is 0 Å². The first-order valence-corrected chi connectivity index (χ1v) is 8.69.